The number of ether oxygens (including phenoxy) is 2. The van der Waals surface area contributed by atoms with Gasteiger partial charge in [0.1, 0.15) is 0 Å². The maximum atomic E-state index is 5.64. The minimum Gasteiger partial charge on any atom is -0.493 e. The van der Waals surface area contributed by atoms with Gasteiger partial charge in [0, 0.05) is 37.6 Å². The molecular weight excluding hydrogens is 469 g/mol. The van der Waals surface area contributed by atoms with Gasteiger partial charge < -0.3 is 20.1 Å². The minimum atomic E-state index is 0. The number of nitrogens with one attached hydrogen (secondary N) is 2. The first-order chi connectivity index (χ1) is 13.0. The third-order valence-electron chi connectivity index (χ3n) is 4.36. The zero-order valence-corrected chi connectivity index (χ0v) is 20.0. The lowest BCUT2D eigenvalue weighted by atomic mass is 10.1. The number of halogens is 1. The van der Waals surface area contributed by atoms with E-state index in [9.17, 15) is 0 Å². The summed E-state index contributed by atoms with van der Waals surface area (Å²) < 4.78 is 12.9. The maximum Gasteiger partial charge on any atom is 0.195 e. The van der Waals surface area contributed by atoms with E-state index in [1.165, 1.54) is 11.3 Å². The molecule has 0 saturated carbocycles. The summed E-state index contributed by atoms with van der Waals surface area (Å²) in [5, 5.41) is 11.1. The molecule has 28 heavy (non-hydrogen) atoms. The maximum absolute atomic E-state index is 5.64. The van der Waals surface area contributed by atoms with Crippen LogP contribution in [0.3, 0.4) is 0 Å². The van der Waals surface area contributed by atoms with Crippen LogP contribution in [0.4, 0.5) is 5.69 Å². The number of aliphatic imine (C=N–C) groups is 1. The lowest BCUT2D eigenvalue weighted by molar-refractivity contribution is 0.311. The Bertz CT molecular complexity index is 789. The molecule has 2 aromatic rings. The zero-order valence-electron chi connectivity index (χ0n) is 17.6. The van der Waals surface area contributed by atoms with E-state index in [1.807, 2.05) is 50.7 Å². The number of hydrogen-bond donors (Lipinski definition) is 2. The average Bonchev–Trinajstić information content (AvgIpc) is 2.88. The van der Waals surface area contributed by atoms with Crippen molar-refractivity contribution in [3.8, 4) is 11.5 Å². The second kappa shape index (κ2) is 11.8. The number of anilines is 1. The molecule has 0 spiro atoms. The van der Waals surface area contributed by atoms with E-state index in [4.69, 9.17) is 14.5 Å². The lowest BCUT2D eigenvalue weighted by Crippen LogP contribution is -2.31. The summed E-state index contributed by atoms with van der Waals surface area (Å²) in [7, 11) is 3.61. The van der Waals surface area contributed by atoms with E-state index >= 15 is 0 Å². The van der Waals surface area contributed by atoms with Gasteiger partial charge in [-0.3, -0.25) is 9.67 Å². The van der Waals surface area contributed by atoms with Crippen LogP contribution in [-0.4, -0.2) is 42.5 Å². The van der Waals surface area contributed by atoms with Gasteiger partial charge in [0.2, 0.25) is 0 Å². The van der Waals surface area contributed by atoms with Crippen molar-refractivity contribution in [2.24, 2.45) is 12.0 Å². The van der Waals surface area contributed by atoms with Crippen LogP contribution in [-0.2, 0) is 13.5 Å². The zero-order chi connectivity index (χ0) is 19.8. The fourth-order valence-electron chi connectivity index (χ4n) is 2.93. The largest absolute Gasteiger partial charge is 0.493 e. The quantitative estimate of drug-likeness (QED) is 0.328. The van der Waals surface area contributed by atoms with Gasteiger partial charge in [0.25, 0.3) is 0 Å². The van der Waals surface area contributed by atoms with E-state index in [1.54, 1.807) is 7.11 Å². The van der Waals surface area contributed by atoms with Crippen LogP contribution >= 0.6 is 24.0 Å². The molecule has 0 aliphatic carbocycles. The molecule has 0 saturated heterocycles. The van der Waals surface area contributed by atoms with E-state index in [0.717, 1.165) is 30.3 Å². The van der Waals surface area contributed by atoms with Crippen LogP contribution < -0.4 is 20.1 Å². The number of rotatable bonds is 8. The Balaban J connectivity index is 0.00000392. The van der Waals surface area contributed by atoms with Crippen molar-refractivity contribution in [1.29, 1.82) is 0 Å². The van der Waals surface area contributed by atoms with Crippen molar-refractivity contribution >= 4 is 35.6 Å². The number of nitrogens with zero attached hydrogens (tertiary/aromatic N) is 3. The normalized spacial score (nSPS) is 11.0. The van der Waals surface area contributed by atoms with Crippen molar-refractivity contribution in [3.63, 3.8) is 0 Å². The number of aromatic nitrogens is 2. The molecule has 0 fully saturated rings. The van der Waals surface area contributed by atoms with Gasteiger partial charge in [0.15, 0.2) is 17.5 Å². The highest BCUT2D eigenvalue weighted by molar-refractivity contribution is 14.0. The van der Waals surface area contributed by atoms with Gasteiger partial charge in [-0.15, -0.1) is 24.0 Å². The van der Waals surface area contributed by atoms with Crippen molar-refractivity contribution in [1.82, 2.24) is 15.1 Å². The standard InChI is InChI=1S/C20H31N5O2.HI/c1-7-21-20(22-12-11-17-14(3)24-25(5)15(17)4)23-16-9-10-18(26-6)19(13-16)27-8-2;/h9-10,13H,7-8,11-12H2,1-6H3,(H2,21,22,23);1H. The van der Waals surface area contributed by atoms with E-state index in [2.05, 4.69) is 22.7 Å². The van der Waals surface area contributed by atoms with Crippen LogP contribution in [0.25, 0.3) is 0 Å². The molecule has 8 heteroatoms. The first-order valence-corrected chi connectivity index (χ1v) is 9.35. The SMILES string of the molecule is CCNC(=NCCc1c(C)nn(C)c1C)Nc1ccc(OC)c(OCC)c1.I. The predicted molar refractivity (Wildman–Crippen MR) is 126 cm³/mol. The second-order valence-corrected chi connectivity index (χ2v) is 6.21. The van der Waals surface area contributed by atoms with Gasteiger partial charge in [0.05, 0.1) is 19.4 Å². The van der Waals surface area contributed by atoms with Crippen LogP contribution in [0.15, 0.2) is 23.2 Å². The summed E-state index contributed by atoms with van der Waals surface area (Å²) in [6.07, 6.45) is 0.856. The molecule has 1 aromatic carbocycles. The Kier molecular flexibility index (Phi) is 10.1. The summed E-state index contributed by atoms with van der Waals surface area (Å²) in [6, 6.07) is 5.76. The Labute approximate surface area is 184 Å². The van der Waals surface area contributed by atoms with Gasteiger partial charge in [-0.1, -0.05) is 0 Å². The van der Waals surface area contributed by atoms with Gasteiger partial charge in [-0.2, -0.15) is 5.10 Å². The molecule has 1 aromatic heterocycles. The Morgan fingerprint density at radius 2 is 1.96 bits per heavy atom. The van der Waals surface area contributed by atoms with Crippen LogP contribution in [0.2, 0.25) is 0 Å². The summed E-state index contributed by atoms with van der Waals surface area (Å²) in [4.78, 5) is 4.70. The smallest absolute Gasteiger partial charge is 0.195 e. The van der Waals surface area contributed by atoms with E-state index in [0.29, 0.717) is 24.7 Å². The monoisotopic (exact) mass is 501 g/mol. The van der Waals surface area contributed by atoms with Crippen molar-refractivity contribution in [2.45, 2.75) is 34.1 Å². The van der Waals surface area contributed by atoms with Crippen molar-refractivity contribution in [2.75, 3.05) is 32.1 Å². The fraction of sp³-hybridized carbons (Fsp3) is 0.500. The second-order valence-electron chi connectivity index (χ2n) is 6.21. The van der Waals surface area contributed by atoms with E-state index < -0.39 is 0 Å². The number of benzene rings is 1. The molecule has 156 valence electrons. The first-order valence-electron chi connectivity index (χ1n) is 9.35. The molecule has 0 bridgehead atoms. The minimum absolute atomic E-state index is 0. The predicted octanol–water partition coefficient (Wildman–Crippen LogP) is 3.68. The fourth-order valence-corrected chi connectivity index (χ4v) is 2.93. The Hall–Kier alpha value is -1.97. The summed E-state index contributed by atoms with van der Waals surface area (Å²) in [6.45, 7) is 10.2. The van der Waals surface area contributed by atoms with Gasteiger partial charge >= 0.3 is 0 Å². The number of guanidine groups is 1. The summed E-state index contributed by atoms with van der Waals surface area (Å²) in [5.41, 5.74) is 4.42. The Morgan fingerprint density at radius 1 is 1.21 bits per heavy atom. The molecule has 0 radical (unpaired) electrons. The van der Waals surface area contributed by atoms with E-state index in [-0.39, 0.29) is 24.0 Å². The molecule has 0 aliphatic rings. The number of hydrogen-bond acceptors (Lipinski definition) is 4. The van der Waals surface area contributed by atoms with Crippen molar-refractivity contribution in [3.05, 3.63) is 35.2 Å². The lowest BCUT2D eigenvalue weighted by Gasteiger charge is -2.14. The topological polar surface area (TPSA) is 72.7 Å². The highest BCUT2D eigenvalue weighted by Crippen LogP contribution is 2.30. The Morgan fingerprint density at radius 3 is 2.54 bits per heavy atom. The molecule has 1 heterocycles. The molecule has 2 N–H and O–H groups in total. The van der Waals surface area contributed by atoms with Gasteiger partial charge in [-0.25, -0.2) is 0 Å². The number of methoxy groups -OCH3 is 1. The van der Waals surface area contributed by atoms with Crippen LogP contribution in [0.5, 0.6) is 11.5 Å². The molecule has 0 amide bonds. The summed E-state index contributed by atoms with van der Waals surface area (Å²) >= 11 is 0. The van der Waals surface area contributed by atoms with Crippen LogP contribution in [0.1, 0.15) is 30.8 Å². The third-order valence-corrected chi connectivity index (χ3v) is 4.36. The molecule has 0 aliphatic heterocycles. The molecule has 2 rings (SSSR count). The number of aryl methyl sites for hydroxylation is 2. The molecule has 7 nitrogen and oxygen atoms in total. The molecular formula is C20H32IN5O2. The third kappa shape index (κ3) is 6.29. The average molecular weight is 501 g/mol. The van der Waals surface area contributed by atoms with Crippen molar-refractivity contribution < 1.29 is 9.47 Å². The van der Waals surface area contributed by atoms with Crippen LogP contribution in [0, 0.1) is 13.8 Å². The first kappa shape index (κ1) is 24.1. The summed E-state index contributed by atoms with van der Waals surface area (Å²) in [5.74, 6) is 2.17. The molecule has 0 unspecified atom stereocenters. The molecule has 0 atom stereocenters. The highest BCUT2D eigenvalue weighted by Gasteiger charge is 2.10. The van der Waals surface area contributed by atoms with Gasteiger partial charge in [-0.05, 0) is 51.8 Å². The highest BCUT2D eigenvalue weighted by atomic mass is 127.